The topological polar surface area (TPSA) is 54.4 Å². The lowest BCUT2D eigenvalue weighted by atomic mass is 9.79. The van der Waals surface area contributed by atoms with Crippen LogP contribution in [-0.2, 0) is 9.59 Å². The Morgan fingerprint density at radius 1 is 1.53 bits per heavy atom. The number of carboxylic acids is 1. The second-order valence-corrected chi connectivity index (χ2v) is 6.16. The summed E-state index contributed by atoms with van der Waals surface area (Å²) in [4.78, 5) is 22.9. The Balaban J connectivity index is 2.24. The van der Waals surface area contributed by atoms with Gasteiger partial charge in [0.25, 0.3) is 0 Å². The zero-order valence-corrected chi connectivity index (χ0v) is 9.54. The molecule has 2 rings (SSSR count). The van der Waals surface area contributed by atoms with Crippen LogP contribution in [0, 0.1) is 22.7 Å². The molecule has 0 aromatic carbocycles. The summed E-state index contributed by atoms with van der Waals surface area (Å²) in [5.41, 5.74) is -0.466. The SMILES string of the molecule is CC(C)(C)C[C@@]12C(=O)CC[C@H]1[C@H]2C(=O)O. The van der Waals surface area contributed by atoms with Crippen molar-refractivity contribution in [1.29, 1.82) is 0 Å². The van der Waals surface area contributed by atoms with Gasteiger partial charge in [-0.15, -0.1) is 0 Å². The molecule has 2 aliphatic carbocycles. The predicted octanol–water partition coefficient (Wildman–Crippen LogP) is 2.10. The van der Waals surface area contributed by atoms with E-state index in [0.29, 0.717) is 6.42 Å². The largest absolute Gasteiger partial charge is 0.481 e. The van der Waals surface area contributed by atoms with Gasteiger partial charge in [-0.25, -0.2) is 0 Å². The van der Waals surface area contributed by atoms with Crippen LogP contribution in [0.5, 0.6) is 0 Å². The van der Waals surface area contributed by atoms with E-state index >= 15 is 0 Å². The summed E-state index contributed by atoms with van der Waals surface area (Å²) in [6.45, 7) is 6.21. The zero-order chi connectivity index (χ0) is 11.4. The van der Waals surface area contributed by atoms with Crippen molar-refractivity contribution >= 4 is 11.8 Å². The molecule has 2 fully saturated rings. The molecule has 2 aliphatic rings. The van der Waals surface area contributed by atoms with Gasteiger partial charge in [-0.2, -0.15) is 0 Å². The van der Waals surface area contributed by atoms with Crippen LogP contribution in [-0.4, -0.2) is 16.9 Å². The number of aliphatic carboxylic acids is 1. The summed E-state index contributed by atoms with van der Waals surface area (Å²) in [6.07, 6.45) is 2.09. The highest BCUT2D eigenvalue weighted by atomic mass is 16.4. The van der Waals surface area contributed by atoms with Gasteiger partial charge in [-0.3, -0.25) is 9.59 Å². The Kier molecular flexibility index (Phi) is 2.01. The number of carbonyl (C=O) groups excluding carboxylic acids is 1. The first kappa shape index (κ1) is 10.7. The summed E-state index contributed by atoms with van der Waals surface area (Å²) in [7, 11) is 0. The van der Waals surface area contributed by atoms with E-state index in [4.69, 9.17) is 5.11 Å². The van der Waals surface area contributed by atoms with E-state index in [1.54, 1.807) is 0 Å². The molecule has 84 valence electrons. The lowest BCUT2D eigenvalue weighted by molar-refractivity contribution is -0.142. The van der Waals surface area contributed by atoms with Crippen LogP contribution in [0.25, 0.3) is 0 Å². The summed E-state index contributed by atoms with van der Waals surface area (Å²) in [6, 6.07) is 0. The maximum atomic E-state index is 11.9. The molecular formula is C12H18O3. The highest BCUT2D eigenvalue weighted by molar-refractivity contribution is 5.98. The molecule has 3 heteroatoms. The molecule has 0 heterocycles. The molecule has 0 spiro atoms. The Hall–Kier alpha value is -0.860. The molecular weight excluding hydrogens is 192 g/mol. The number of ketones is 1. The average Bonchev–Trinajstić information content (AvgIpc) is 2.57. The van der Waals surface area contributed by atoms with E-state index in [1.165, 1.54) is 0 Å². The number of hydrogen-bond acceptors (Lipinski definition) is 2. The maximum Gasteiger partial charge on any atom is 0.307 e. The molecule has 3 atom stereocenters. The van der Waals surface area contributed by atoms with Crippen LogP contribution in [0.4, 0.5) is 0 Å². The Bertz CT molecular complexity index is 326. The molecule has 15 heavy (non-hydrogen) atoms. The molecule has 0 saturated heterocycles. The minimum atomic E-state index is -0.780. The summed E-state index contributed by atoms with van der Waals surface area (Å²) in [5, 5.41) is 9.09. The van der Waals surface area contributed by atoms with Gasteiger partial charge in [0.1, 0.15) is 5.78 Å². The fourth-order valence-corrected chi connectivity index (χ4v) is 3.45. The highest BCUT2D eigenvalue weighted by Gasteiger charge is 2.74. The van der Waals surface area contributed by atoms with Gasteiger partial charge in [0.05, 0.1) is 5.92 Å². The first-order chi connectivity index (χ1) is 6.79. The van der Waals surface area contributed by atoms with Crippen molar-refractivity contribution in [1.82, 2.24) is 0 Å². The summed E-state index contributed by atoms with van der Waals surface area (Å²) >= 11 is 0. The van der Waals surface area contributed by atoms with E-state index < -0.39 is 17.3 Å². The molecule has 0 aromatic heterocycles. The van der Waals surface area contributed by atoms with E-state index in [1.807, 2.05) is 0 Å². The van der Waals surface area contributed by atoms with E-state index in [2.05, 4.69) is 20.8 Å². The van der Waals surface area contributed by atoms with E-state index in [0.717, 1.165) is 12.8 Å². The number of fused-ring (bicyclic) bond motifs is 1. The van der Waals surface area contributed by atoms with Crippen LogP contribution in [0.1, 0.15) is 40.0 Å². The standard InChI is InChI=1S/C12H18O3/c1-11(2,3)6-12-7(4-5-8(12)13)9(12)10(14)15/h7,9H,4-6H2,1-3H3,(H,14,15)/t7-,9-,12-/m0/s1. The van der Waals surface area contributed by atoms with Crippen molar-refractivity contribution in [2.45, 2.75) is 40.0 Å². The monoisotopic (exact) mass is 210 g/mol. The molecule has 1 N–H and O–H groups in total. The van der Waals surface area contributed by atoms with Gasteiger partial charge in [0.2, 0.25) is 0 Å². The van der Waals surface area contributed by atoms with E-state index in [9.17, 15) is 9.59 Å². The number of hydrogen-bond donors (Lipinski definition) is 1. The smallest absolute Gasteiger partial charge is 0.307 e. The molecule has 0 aliphatic heterocycles. The first-order valence-electron chi connectivity index (χ1n) is 5.55. The van der Waals surface area contributed by atoms with Crippen LogP contribution in [0.15, 0.2) is 0 Å². The molecule has 2 saturated carbocycles. The van der Waals surface area contributed by atoms with Gasteiger partial charge in [-0.1, -0.05) is 20.8 Å². The average molecular weight is 210 g/mol. The number of rotatable bonds is 2. The van der Waals surface area contributed by atoms with Gasteiger partial charge in [0.15, 0.2) is 0 Å². The molecule has 0 bridgehead atoms. The Morgan fingerprint density at radius 2 is 2.13 bits per heavy atom. The minimum Gasteiger partial charge on any atom is -0.481 e. The normalized spacial score (nSPS) is 39.0. The predicted molar refractivity (Wildman–Crippen MR) is 55.4 cm³/mol. The van der Waals surface area contributed by atoms with Crippen LogP contribution >= 0.6 is 0 Å². The summed E-state index contributed by atoms with van der Waals surface area (Å²) < 4.78 is 0. The van der Waals surface area contributed by atoms with Crippen molar-refractivity contribution in [3.05, 3.63) is 0 Å². The van der Waals surface area contributed by atoms with Crippen molar-refractivity contribution < 1.29 is 14.7 Å². The van der Waals surface area contributed by atoms with Gasteiger partial charge in [0, 0.05) is 11.8 Å². The number of Topliss-reactive ketones (excluding diaryl/α,β-unsaturated/α-hetero) is 1. The van der Waals surface area contributed by atoms with Gasteiger partial charge < -0.3 is 5.11 Å². The second kappa shape index (κ2) is 2.83. The maximum absolute atomic E-state index is 11.9. The lowest BCUT2D eigenvalue weighted by Gasteiger charge is -2.24. The number of carbonyl (C=O) groups is 2. The molecule has 0 amide bonds. The first-order valence-corrected chi connectivity index (χ1v) is 5.55. The lowest BCUT2D eigenvalue weighted by Crippen LogP contribution is -2.25. The third kappa shape index (κ3) is 1.40. The third-order valence-electron chi connectivity index (χ3n) is 3.80. The second-order valence-electron chi connectivity index (χ2n) is 6.16. The molecule has 0 aromatic rings. The quantitative estimate of drug-likeness (QED) is 0.759. The minimum absolute atomic E-state index is 0.0302. The van der Waals surface area contributed by atoms with Crippen LogP contribution in [0.2, 0.25) is 0 Å². The van der Waals surface area contributed by atoms with Crippen molar-refractivity contribution in [3.8, 4) is 0 Å². The highest BCUT2D eigenvalue weighted by Crippen LogP contribution is 2.70. The van der Waals surface area contributed by atoms with Gasteiger partial charge in [-0.05, 0) is 24.2 Å². The number of carboxylic acid groups (broad SMARTS) is 1. The zero-order valence-electron chi connectivity index (χ0n) is 9.54. The van der Waals surface area contributed by atoms with Gasteiger partial charge >= 0.3 is 5.97 Å². The van der Waals surface area contributed by atoms with Crippen molar-refractivity contribution in [3.63, 3.8) is 0 Å². The van der Waals surface area contributed by atoms with Crippen molar-refractivity contribution in [2.75, 3.05) is 0 Å². The van der Waals surface area contributed by atoms with Crippen LogP contribution in [0.3, 0.4) is 0 Å². The molecule has 3 nitrogen and oxygen atoms in total. The third-order valence-corrected chi connectivity index (χ3v) is 3.80. The fourth-order valence-electron chi connectivity index (χ4n) is 3.45. The van der Waals surface area contributed by atoms with Crippen molar-refractivity contribution in [2.24, 2.45) is 22.7 Å². The van der Waals surface area contributed by atoms with E-state index in [-0.39, 0.29) is 17.1 Å². The molecule has 0 radical (unpaired) electrons. The van der Waals surface area contributed by atoms with Crippen LogP contribution < -0.4 is 0 Å². The molecule has 0 unspecified atom stereocenters. The Labute approximate surface area is 89.9 Å². The summed E-state index contributed by atoms with van der Waals surface area (Å²) in [5.74, 6) is -0.855. The Morgan fingerprint density at radius 3 is 2.53 bits per heavy atom. The fraction of sp³-hybridized carbons (Fsp3) is 0.833.